The molecular weight excluding hydrogens is 188 g/mol. The third kappa shape index (κ3) is 2.78. The van der Waals surface area contributed by atoms with Crippen LogP contribution in [0.5, 0.6) is 0 Å². The molecule has 1 aromatic rings. The Morgan fingerprint density at radius 3 is 2.80 bits per heavy atom. The highest BCUT2D eigenvalue weighted by Gasteiger charge is 2.20. The van der Waals surface area contributed by atoms with Crippen molar-refractivity contribution in [1.29, 1.82) is 0 Å². The maximum atomic E-state index is 5.61. The lowest BCUT2D eigenvalue weighted by Gasteiger charge is -2.19. The first-order valence-electron chi connectivity index (χ1n) is 5.53. The number of hydrogen-bond donors (Lipinski definition) is 2. The Labute approximate surface area is 90.6 Å². The van der Waals surface area contributed by atoms with Gasteiger partial charge < -0.3 is 4.74 Å². The molecule has 2 unspecified atom stereocenters. The lowest BCUT2D eigenvalue weighted by molar-refractivity contribution is 0.0946. The van der Waals surface area contributed by atoms with Crippen LogP contribution in [-0.4, -0.2) is 12.7 Å². The molecule has 1 aliphatic rings. The Morgan fingerprint density at radius 2 is 2.20 bits per heavy atom. The van der Waals surface area contributed by atoms with Gasteiger partial charge in [-0.05, 0) is 24.8 Å². The zero-order valence-electron chi connectivity index (χ0n) is 8.86. The number of nitrogens with one attached hydrogen (secondary N) is 1. The lowest BCUT2D eigenvalue weighted by Crippen LogP contribution is -2.30. The van der Waals surface area contributed by atoms with Crippen molar-refractivity contribution in [3.63, 3.8) is 0 Å². The van der Waals surface area contributed by atoms with Gasteiger partial charge in [-0.2, -0.15) is 0 Å². The van der Waals surface area contributed by atoms with Crippen LogP contribution in [0.3, 0.4) is 0 Å². The quantitative estimate of drug-likeness (QED) is 0.583. The minimum absolute atomic E-state index is 0.203. The van der Waals surface area contributed by atoms with Crippen molar-refractivity contribution < 1.29 is 4.74 Å². The van der Waals surface area contributed by atoms with Gasteiger partial charge >= 0.3 is 0 Å². The van der Waals surface area contributed by atoms with Crippen LogP contribution >= 0.6 is 0 Å². The molecule has 0 saturated carbocycles. The van der Waals surface area contributed by atoms with Gasteiger partial charge in [0.25, 0.3) is 0 Å². The number of benzene rings is 1. The summed E-state index contributed by atoms with van der Waals surface area (Å²) >= 11 is 0. The van der Waals surface area contributed by atoms with E-state index in [0.717, 1.165) is 19.4 Å². The molecule has 82 valence electrons. The van der Waals surface area contributed by atoms with E-state index < -0.39 is 0 Å². The van der Waals surface area contributed by atoms with Gasteiger partial charge in [-0.25, -0.2) is 0 Å². The predicted molar refractivity (Wildman–Crippen MR) is 60.1 cm³/mol. The van der Waals surface area contributed by atoms with Crippen molar-refractivity contribution in [2.24, 2.45) is 5.84 Å². The van der Waals surface area contributed by atoms with E-state index in [1.807, 2.05) is 18.2 Å². The second-order valence-electron chi connectivity index (χ2n) is 4.00. The maximum Gasteiger partial charge on any atom is 0.0594 e. The van der Waals surface area contributed by atoms with Crippen LogP contribution in [-0.2, 0) is 4.74 Å². The molecule has 0 amide bonds. The second kappa shape index (κ2) is 5.26. The van der Waals surface area contributed by atoms with E-state index in [1.165, 1.54) is 12.0 Å². The van der Waals surface area contributed by atoms with Crippen molar-refractivity contribution in [1.82, 2.24) is 5.43 Å². The normalized spacial score (nSPS) is 22.9. The first kappa shape index (κ1) is 10.6. The van der Waals surface area contributed by atoms with E-state index in [4.69, 9.17) is 10.6 Å². The Balaban J connectivity index is 1.97. The summed E-state index contributed by atoms with van der Waals surface area (Å²) in [5, 5.41) is 0. The standard InChI is InChI=1S/C12H18N2O/c13-14-12(9-11-7-4-8-15-11)10-5-2-1-3-6-10/h1-3,5-6,11-12,14H,4,7-9,13H2. The van der Waals surface area contributed by atoms with Crippen LogP contribution in [0.25, 0.3) is 0 Å². The number of ether oxygens (including phenoxy) is 1. The third-order valence-corrected chi connectivity index (χ3v) is 2.93. The molecule has 2 rings (SSSR count). The molecule has 0 aromatic heterocycles. The summed E-state index contributed by atoms with van der Waals surface area (Å²) in [6, 6.07) is 10.5. The number of hydrazine groups is 1. The molecule has 1 aromatic carbocycles. The molecule has 1 saturated heterocycles. The summed E-state index contributed by atoms with van der Waals surface area (Å²) in [6.07, 6.45) is 3.66. The molecule has 0 bridgehead atoms. The molecule has 0 aliphatic carbocycles. The smallest absolute Gasteiger partial charge is 0.0594 e. The lowest BCUT2D eigenvalue weighted by atomic mass is 10.00. The van der Waals surface area contributed by atoms with Gasteiger partial charge in [0.05, 0.1) is 6.10 Å². The highest BCUT2D eigenvalue weighted by Crippen LogP contribution is 2.24. The van der Waals surface area contributed by atoms with Gasteiger partial charge in [0.1, 0.15) is 0 Å². The van der Waals surface area contributed by atoms with Crippen molar-refractivity contribution >= 4 is 0 Å². The minimum Gasteiger partial charge on any atom is -0.378 e. The van der Waals surface area contributed by atoms with Gasteiger partial charge in [0.2, 0.25) is 0 Å². The van der Waals surface area contributed by atoms with E-state index in [2.05, 4.69) is 17.6 Å². The van der Waals surface area contributed by atoms with Crippen molar-refractivity contribution in [2.75, 3.05) is 6.61 Å². The van der Waals surface area contributed by atoms with Crippen molar-refractivity contribution in [3.05, 3.63) is 35.9 Å². The third-order valence-electron chi connectivity index (χ3n) is 2.93. The average Bonchev–Trinajstić information content (AvgIpc) is 2.80. The first-order chi connectivity index (χ1) is 7.40. The Bertz CT molecular complexity index is 283. The molecule has 1 aliphatic heterocycles. The molecule has 1 fully saturated rings. The minimum atomic E-state index is 0.203. The van der Waals surface area contributed by atoms with Gasteiger partial charge in [0, 0.05) is 12.6 Å². The fraction of sp³-hybridized carbons (Fsp3) is 0.500. The zero-order valence-corrected chi connectivity index (χ0v) is 8.86. The number of rotatable bonds is 4. The molecule has 0 radical (unpaired) electrons. The summed E-state index contributed by atoms with van der Waals surface area (Å²) in [4.78, 5) is 0. The van der Waals surface area contributed by atoms with Crippen molar-refractivity contribution in [3.8, 4) is 0 Å². The molecule has 3 nitrogen and oxygen atoms in total. The molecule has 2 atom stereocenters. The molecule has 3 N–H and O–H groups in total. The Hall–Kier alpha value is -0.900. The van der Waals surface area contributed by atoms with Gasteiger partial charge in [-0.3, -0.25) is 11.3 Å². The number of hydrogen-bond acceptors (Lipinski definition) is 3. The monoisotopic (exact) mass is 206 g/mol. The Kier molecular flexibility index (Phi) is 3.72. The van der Waals surface area contributed by atoms with Crippen LogP contribution in [0, 0.1) is 0 Å². The fourth-order valence-electron chi connectivity index (χ4n) is 2.08. The average molecular weight is 206 g/mol. The summed E-state index contributed by atoms with van der Waals surface area (Å²) < 4.78 is 5.61. The van der Waals surface area contributed by atoms with Crippen LogP contribution < -0.4 is 11.3 Å². The maximum absolute atomic E-state index is 5.61. The number of nitrogens with two attached hydrogens (primary N) is 1. The predicted octanol–water partition coefficient (Wildman–Crippen LogP) is 1.76. The summed E-state index contributed by atoms with van der Waals surface area (Å²) in [6.45, 7) is 0.900. The SMILES string of the molecule is NNC(CC1CCCO1)c1ccccc1. The van der Waals surface area contributed by atoms with Crippen LogP contribution in [0.2, 0.25) is 0 Å². The van der Waals surface area contributed by atoms with E-state index in [9.17, 15) is 0 Å². The second-order valence-corrected chi connectivity index (χ2v) is 4.00. The molecule has 15 heavy (non-hydrogen) atoms. The highest BCUT2D eigenvalue weighted by atomic mass is 16.5. The van der Waals surface area contributed by atoms with E-state index >= 15 is 0 Å². The largest absolute Gasteiger partial charge is 0.378 e. The molecule has 0 spiro atoms. The first-order valence-corrected chi connectivity index (χ1v) is 5.53. The molecular formula is C12H18N2O. The van der Waals surface area contributed by atoms with Crippen LogP contribution in [0.4, 0.5) is 0 Å². The topological polar surface area (TPSA) is 47.3 Å². The van der Waals surface area contributed by atoms with E-state index in [-0.39, 0.29) is 6.04 Å². The zero-order chi connectivity index (χ0) is 10.5. The summed E-state index contributed by atoms with van der Waals surface area (Å²) in [5.74, 6) is 5.58. The summed E-state index contributed by atoms with van der Waals surface area (Å²) in [7, 11) is 0. The van der Waals surface area contributed by atoms with Gasteiger partial charge in [0.15, 0.2) is 0 Å². The van der Waals surface area contributed by atoms with Gasteiger partial charge in [-0.15, -0.1) is 0 Å². The molecule has 3 heteroatoms. The highest BCUT2D eigenvalue weighted by molar-refractivity contribution is 5.18. The van der Waals surface area contributed by atoms with Crippen LogP contribution in [0.1, 0.15) is 30.9 Å². The van der Waals surface area contributed by atoms with Crippen molar-refractivity contribution in [2.45, 2.75) is 31.4 Å². The fourth-order valence-corrected chi connectivity index (χ4v) is 2.08. The summed E-state index contributed by atoms with van der Waals surface area (Å²) in [5.41, 5.74) is 4.10. The van der Waals surface area contributed by atoms with E-state index in [1.54, 1.807) is 0 Å². The molecule has 1 heterocycles. The van der Waals surface area contributed by atoms with Gasteiger partial charge in [-0.1, -0.05) is 30.3 Å². The van der Waals surface area contributed by atoms with Crippen LogP contribution in [0.15, 0.2) is 30.3 Å². The Morgan fingerprint density at radius 1 is 1.40 bits per heavy atom. The van der Waals surface area contributed by atoms with E-state index in [0.29, 0.717) is 6.10 Å².